The van der Waals surface area contributed by atoms with Gasteiger partial charge in [-0.15, -0.1) is 11.8 Å². The highest BCUT2D eigenvalue weighted by Gasteiger charge is 2.18. The Kier molecular flexibility index (Phi) is 5.66. The molecule has 0 aliphatic carbocycles. The molecule has 5 nitrogen and oxygen atoms in total. The van der Waals surface area contributed by atoms with Gasteiger partial charge in [-0.3, -0.25) is 9.59 Å². The van der Waals surface area contributed by atoms with Crippen molar-refractivity contribution >= 4 is 29.3 Å². The molecule has 1 atom stereocenters. The predicted octanol–water partition coefficient (Wildman–Crippen LogP) is 2.69. The number of carbonyl (C=O) groups is 2. The molecule has 0 aliphatic heterocycles. The molecule has 1 heterocycles. The summed E-state index contributed by atoms with van der Waals surface area (Å²) in [5.74, 6) is -0.566. The third kappa shape index (κ3) is 4.39. The van der Waals surface area contributed by atoms with Gasteiger partial charge >= 0.3 is 11.8 Å². The lowest BCUT2D eigenvalue weighted by Crippen LogP contribution is -2.41. The Hall–Kier alpha value is -2.21. The van der Waals surface area contributed by atoms with E-state index in [1.54, 1.807) is 18.4 Å². The van der Waals surface area contributed by atoms with Crippen LogP contribution in [0.25, 0.3) is 0 Å². The van der Waals surface area contributed by atoms with Crippen molar-refractivity contribution in [2.24, 2.45) is 0 Å². The molecule has 1 aromatic heterocycles. The van der Waals surface area contributed by atoms with Crippen LogP contribution in [0.15, 0.2) is 52.0 Å². The number of hydrogen-bond donors (Lipinski definition) is 2. The molecule has 1 aromatic carbocycles. The van der Waals surface area contributed by atoms with Crippen molar-refractivity contribution < 1.29 is 14.0 Å². The summed E-state index contributed by atoms with van der Waals surface area (Å²) in [6.07, 6.45) is 4.03. The van der Waals surface area contributed by atoms with Crippen LogP contribution in [-0.4, -0.2) is 24.1 Å². The van der Waals surface area contributed by atoms with Crippen molar-refractivity contribution in [3.05, 3.63) is 48.4 Å². The van der Waals surface area contributed by atoms with Crippen LogP contribution >= 0.6 is 11.8 Å². The third-order valence-corrected chi connectivity index (χ3v) is 3.82. The average molecular weight is 318 g/mol. The molecule has 2 rings (SSSR count). The second kappa shape index (κ2) is 7.70. The van der Waals surface area contributed by atoms with Gasteiger partial charge < -0.3 is 15.1 Å². The molecule has 0 bridgehead atoms. The highest BCUT2D eigenvalue weighted by Crippen LogP contribution is 2.24. The van der Waals surface area contributed by atoms with Crippen LogP contribution in [0.4, 0.5) is 5.69 Å². The van der Waals surface area contributed by atoms with E-state index in [0.29, 0.717) is 12.1 Å². The maximum Gasteiger partial charge on any atom is 0.313 e. The van der Waals surface area contributed by atoms with Crippen LogP contribution in [0.3, 0.4) is 0 Å². The van der Waals surface area contributed by atoms with Crippen molar-refractivity contribution in [2.75, 3.05) is 11.6 Å². The van der Waals surface area contributed by atoms with Crippen molar-refractivity contribution in [2.45, 2.75) is 24.3 Å². The molecule has 2 amide bonds. The van der Waals surface area contributed by atoms with E-state index in [1.807, 2.05) is 37.4 Å². The Morgan fingerprint density at radius 2 is 1.95 bits per heavy atom. The maximum absolute atomic E-state index is 12.0. The molecule has 116 valence electrons. The van der Waals surface area contributed by atoms with Gasteiger partial charge in [-0.2, -0.15) is 0 Å². The van der Waals surface area contributed by atoms with Crippen molar-refractivity contribution in [3.63, 3.8) is 0 Å². The number of furan rings is 1. The monoisotopic (exact) mass is 318 g/mol. The molecule has 2 aromatic rings. The van der Waals surface area contributed by atoms with E-state index in [2.05, 4.69) is 10.6 Å². The summed E-state index contributed by atoms with van der Waals surface area (Å²) in [6, 6.07) is 10.8. The number of benzene rings is 1. The zero-order valence-electron chi connectivity index (χ0n) is 12.5. The summed E-state index contributed by atoms with van der Waals surface area (Å²) >= 11 is 1.51. The number of thioether (sulfide) groups is 1. The van der Waals surface area contributed by atoms with Gasteiger partial charge in [-0.05, 0) is 37.4 Å². The molecule has 0 saturated carbocycles. The first-order valence-electron chi connectivity index (χ1n) is 6.87. The van der Waals surface area contributed by atoms with Gasteiger partial charge in [-0.1, -0.05) is 12.1 Å². The first kappa shape index (κ1) is 16.2. The summed E-state index contributed by atoms with van der Waals surface area (Å²) in [5, 5.41) is 5.29. The molecule has 6 heteroatoms. The minimum atomic E-state index is -0.673. The van der Waals surface area contributed by atoms with Crippen LogP contribution in [0.2, 0.25) is 0 Å². The van der Waals surface area contributed by atoms with E-state index in [-0.39, 0.29) is 6.04 Å². The van der Waals surface area contributed by atoms with E-state index >= 15 is 0 Å². The molecule has 0 aliphatic rings. The Balaban J connectivity index is 1.90. The van der Waals surface area contributed by atoms with Crippen LogP contribution in [0.5, 0.6) is 0 Å². The number of rotatable bonds is 5. The van der Waals surface area contributed by atoms with Gasteiger partial charge in [0.2, 0.25) is 0 Å². The summed E-state index contributed by atoms with van der Waals surface area (Å²) in [4.78, 5) is 24.8. The molecule has 0 fully saturated rings. The Morgan fingerprint density at radius 3 is 2.64 bits per heavy atom. The second-order valence-corrected chi connectivity index (χ2v) is 5.66. The zero-order valence-corrected chi connectivity index (χ0v) is 13.3. The van der Waals surface area contributed by atoms with E-state index in [4.69, 9.17) is 4.42 Å². The maximum atomic E-state index is 12.0. The molecular weight excluding hydrogens is 300 g/mol. The van der Waals surface area contributed by atoms with E-state index in [9.17, 15) is 9.59 Å². The van der Waals surface area contributed by atoms with Gasteiger partial charge in [-0.25, -0.2) is 0 Å². The summed E-state index contributed by atoms with van der Waals surface area (Å²) < 4.78 is 5.22. The SMILES string of the molecule is CSc1ccccc1NC(=O)C(=O)N[C@@H](C)Cc1ccco1. The van der Waals surface area contributed by atoms with Crippen LogP contribution < -0.4 is 10.6 Å². The van der Waals surface area contributed by atoms with Gasteiger partial charge in [0.1, 0.15) is 5.76 Å². The highest BCUT2D eigenvalue weighted by atomic mass is 32.2. The normalized spacial score (nSPS) is 11.7. The van der Waals surface area contributed by atoms with Crippen LogP contribution in [-0.2, 0) is 16.0 Å². The minimum Gasteiger partial charge on any atom is -0.469 e. The Bertz CT molecular complexity index is 641. The lowest BCUT2D eigenvalue weighted by Gasteiger charge is -2.13. The lowest BCUT2D eigenvalue weighted by molar-refractivity contribution is -0.136. The van der Waals surface area contributed by atoms with Gasteiger partial charge in [0.15, 0.2) is 0 Å². The molecular formula is C16H18N2O3S. The fourth-order valence-corrected chi connectivity index (χ4v) is 2.55. The fourth-order valence-electron chi connectivity index (χ4n) is 2.00. The first-order valence-corrected chi connectivity index (χ1v) is 8.10. The van der Waals surface area contributed by atoms with Crippen LogP contribution in [0, 0.1) is 0 Å². The Labute approximate surface area is 133 Å². The number of carbonyl (C=O) groups excluding carboxylic acids is 2. The summed E-state index contributed by atoms with van der Waals surface area (Å²) in [7, 11) is 0. The first-order chi connectivity index (χ1) is 10.6. The molecule has 2 N–H and O–H groups in total. The minimum absolute atomic E-state index is 0.194. The largest absolute Gasteiger partial charge is 0.469 e. The van der Waals surface area contributed by atoms with Gasteiger partial charge in [0.25, 0.3) is 0 Å². The second-order valence-electron chi connectivity index (χ2n) is 4.81. The number of anilines is 1. The number of amides is 2. The molecule has 0 unspecified atom stereocenters. The van der Waals surface area contributed by atoms with Crippen molar-refractivity contribution in [1.82, 2.24) is 5.32 Å². The standard InChI is InChI=1S/C16H18N2O3S/c1-11(10-12-6-5-9-21-12)17-15(19)16(20)18-13-7-3-4-8-14(13)22-2/h3-9,11H,10H2,1-2H3,(H,17,19)(H,18,20)/t11-/m0/s1. The van der Waals surface area contributed by atoms with Gasteiger partial charge in [0.05, 0.1) is 12.0 Å². The van der Waals surface area contributed by atoms with Gasteiger partial charge in [0, 0.05) is 17.4 Å². The average Bonchev–Trinajstić information content (AvgIpc) is 3.00. The number of nitrogens with one attached hydrogen (secondary N) is 2. The quantitative estimate of drug-likeness (QED) is 0.657. The predicted molar refractivity (Wildman–Crippen MR) is 86.9 cm³/mol. The topological polar surface area (TPSA) is 71.3 Å². The fraction of sp³-hybridized carbons (Fsp3) is 0.250. The van der Waals surface area contributed by atoms with Crippen LogP contribution in [0.1, 0.15) is 12.7 Å². The number of para-hydroxylation sites is 1. The third-order valence-electron chi connectivity index (χ3n) is 3.03. The zero-order chi connectivity index (χ0) is 15.9. The van der Waals surface area contributed by atoms with E-state index in [1.165, 1.54) is 11.8 Å². The molecule has 0 saturated heterocycles. The Morgan fingerprint density at radius 1 is 1.18 bits per heavy atom. The summed E-state index contributed by atoms with van der Waals surface area (Å²) in [6.45, 7) is 1.82. The van der Waals surface area contributed by atoms with Crippen molar-refractivity contribution in [1.29, 1.82) is 0 Å². The highest BCUT2D eigenvalue weighted by molar-refractivity contribution is 7.98. The number of hydrogen-bond acceptors (Lipinski definition) is 4. The van der Waals surface area contributed by atoms with Crippen molar-refractivity contribution in [3.8, 4) is 0 Å². The molecule has 22 heavy (non-hydrogen) atoms. The lowest BCUT2D eigenvalue weighted by atomic mass is 10.2. The smallest absolute Gasteiger partial charge is 0.313 e. The summed E-state index contributed by atoms with van der Waals surface area (Å²) in [5.41, 5.74) is 0.633. The molecule has 0 spiro atoms. The molecule has 0 radical (unpaired) electrons. The van der Waals surface area contributed by atoms with E-state index < -0.39 is 11.8 Å². The van der Waals surface area contributed by atoms with E-state index in [0.717, 1.165) is 10.7 Å².